The normalized spacial score (nSPS) is 20.7. The number of aryl methyl sites for hydroxylation is 1. The third kappa shape index (κ3) is 6.73. The van der Waals surface area contributed by atoms with Crippen LogP contribution in [0.15, 0.2) is 130 Å². The molecule has 1 saturated carbocycles. The zero-order chi connectivity index (χ0) is 57.8. The molecule has 0 N–H and O–H groups in total. The maximum Gasteiger partial charge on any atom is 0.252 e. The van der Waals surface area contributed by atoms with Crippen LogP contribution in [0.3, 0.4) is 0 Å². The molecule has 2 aliphatic carbocycles. The molecule has 11 aromatic rings. The predicted molar refractivity (Wildman–Crippen MR) is 354 cm³/mol. The van der Waals surface area contributed by atoms with Gasteiger partial charge in [0.1, 0.15) is 22.3 Å². The van der Waals surface area contributed by atoms with E-state index < -0.39 is 0 Å². The minimum Gasteiger partial charge on any atom is -0.456 e. The molecule has 0 spiro atoms. The van der Waals surface area contributed by atoms with E-state index in [-0.39, 0.29) is 44.7 Å². The summed E-state index contributed by atoms with van der Waals surface area (Å²) in [5, 5.41) is 7.38. The van der Waals surface area contributed by atoms with Gasteiger partial charge in [-0.15, -0.1) is 0 Å². The van der Waals surface area contributed by atoms with Crippen LogP contribution in [-0.4, -0.2) is 16.8 Å². The Labute approximate surface area is 491 Å². The molecule has 8 aromatic carbocycles. The number of rotatable bonds is 2. The number of hydrogen-bond acceptors (Lipinski definition) is 4. The van der Waals surface area contributed by atoms with E-state index in [0.29, 0.717) is 0 Å². The van der Waals surface area contributed by atoms with Crippen molar-refractivity contribution in [1.29, 1.82) is 0 Å². The second-order valence-electron chi connectivity index (χ2n) is 31.2. The van der Waals surface area contributed by atoms with E-state index in [1.165, 1.54) is 136 Å². The molecular weight excluding hydrogens is 1010 g/mol. The Morgan fingerprint density at radius 2 is 1.11 bits per heavy atom. The van der Waals surface area contributed by atoms with Crippen molar-refractivity contribution in [3.63, 3.8) is 0 Å². The highest BCUT2D eigenvalue weighted by Crippen LogP contribution is 2.62. The molecule has 1 fully saturated rings. The molecule has 0 bridgehead atoms. The van der Waals surface area contributed by atoms with Gasteiger partial charge in [-0.05, 0) is 206 Å². The van der Waals surface area contributed by atoms with Crippen LogP contribution in [-0.2, 0) is 32.5 Å². The summed E-state index contributed by atoms with van der Waals surface area (Å²) in [6.45, 7) is 38.5. The molecule has 0 amide bonds. The van der Waals surface area contributed by atoms with E-state index in [1.54, 1.807) is 0 Å². The summed E-state index contributed by atoms with van der Waals surface area (Å²) < 4.78 is 16.8. The van der Waals surface area contributed by atoms with Crippen LogP contribution in [0.25, 0.3) is 71.4 Å². The SMILES string of the molecule is Cc1cc2c3c(c1)-n1c4cc5c(cc4c4c(C(C)(C)C)ccc6oc7ccc(c1c7c64)B3c1ccc(N3c4ccc(C(C)(C)C)cc4C4(C)CCCCC34C)cc1N2c1cccc2oc3ccc(C(C)(C)C)cc3c12)C(C)(C)CCC5(C)C. The number of furan rings is 2. The number of benzene rings is 8. The molecule has 6 heteroatoms. The van der Waals surface area contributed by atoms with Crippen LogP contribution in [0.4, 0.5) is 28.4 Å². The van der Waals surface area contributed by atoms with Gasteiger partial charge in [-0.1, -0.05) is 152 Å². The van der Waals surface area contributed by atoms with Gasteiger partial charge in [-0.25, -0.2) is 0 Å². The van der Waals surface area contributed by atoms with Crippen LogP contribution < -0.4 is 26.2 Å². The molecule has 2 unspecified atom stereocenters. The van der Waals surface area contributed by atoms with Crippen molar-refractivity contribution in [2.75, 3.05) is 9.80 Å². The maximum atomic E-state index is 7.15. The standard InChI is InChI=1S/C77H80BN3O2/c1-43-36-59-69-60(37-43)80-57-42-51-50(74(11,12)34-35-75(51,13)14)41-47(57)65-49(73(8,9)10)25-30-63-67(65)68-64(83-63)31-27-54(70(68)80)78(69)53-26-24-46(81-55-28-22-45(72(5,6)7)39-52(55)76(15)32-17-18-33-77(76,81)16)40-58(53)79(59)56-20-19-21-62-66(56)48-38-44(71(2,3)4)23-29-61(48)82-62/h19-31,36-42H,17-18,32-35H2,1-16H3. The van der Waals surface area contributed by atoms with Gasteiger partial charge in [-0.2, -0.15) is 0 Å². The quantitative estimate of drug-likeness (QED) is 0.162. The zero-order valence-electron chi connectivity index (χ0n) is 52.0. The van der Waals surface area contributed by atoms with Gasteiger partial charge in [-0.3, -0.25) is 0 Å². The second-order valence-corrected chi connectivity index (χ2v) is 31.2. The molecular formula is C77H80BN3O2. The lowest BCUT2D eigenvalue weighted by atomic mass is 9.33. The highest BCUT2D eigenvalue weighted by atomic mass is 16.3. The molecule has 5 nitrogen and oxygen atoms in total. The first-order valence-electron chi connectivity index (χ1n) is 31.2. The molecule has 3 aromatic heterocycles. The van der Waals surface area contributed by atoms with Crippen molar-refractivity contribution in [1.82, 2.24) is 4.57 Å². The lowest BCUT2D eigenvalue weighted by Crippen LogP contribution is -2.60. The molecule has 2 atom stereocenters. The molecule has 6 heterocycles. The van der Waals surface area contributed by atoms with Crippen LogP contribution in [0.2, 0.25) is 0 Å². The predicted octanol–water partition coefficient (Wildman–Crippen LogP) is 19.5. The molecule has 0 radical (unpaired) electrons. The largest absolute Gasteiger partial charge is 0.456 e. The van der Waals surface area contributed by atoms with E-state index >= 15 is 0 Å². The highest BCUT2D eigenvalue weighted by molar-refractivity contribution is 7.00. The summed E-state index contributed by atoms with van der Waals surface area (Å²) >= 11 is 0. The van der Waals surface area contributed by atoms with Crippen molar-refractivity contribution in [3.05, 3.63) is 160 Å². The number of aromatic nitrogens is 1. The van der Waals surface area contributed by atoms with Gasteiger partial charge < -0.3 is 23.2 Å². The van der Waals surface area contributed by atoms with Crippen molar-refractivity contribution in [2.45, 2.75) is 187 Å². The fourth-order valence-electron chi connectivity index (χ4n) is 17.2. The summed E-state index contributed by atoms with van der Waals surface area (Å²) in [4.78, 5) is 5.47. The number of nitrogens with zero attached hydrogens (tertiary/aromatic N) is 3. The topological polar surface area (TPSA) is 37.7 Å². The van der Waals surface area contributed by atoms with Crippen LogP contribution in [0, 0.1) is 6.92 Å². The van der Waals surface area contributed by atoms with Gasteiger partial charge in [0.05, 0.1) is 33.0 Å². The highest BCUT2D eigenvalue weighted by Gasteiger charge is 2.58. The van der Waals surface area contributed by atoms with Crippen molar-refractivity contribution in [2.24, 2.45) is 0 Å². The van der Waals surface area contributed by atoms with Crippen molar-refractivity contribution >= 4 is 117 Å². The average molecular weight is 1090 g/mol. The Hall–Kier alpha value is -7.18. The van der Waals surface area contributed by atoms with Gasteiger partial charge >= 0.3 is 0 Å². The molecule has 5 aliphatic rings. The third-order valence-electron chi connectivity index (χ3n) is 22.1. The Balaban J connectivity index is 1.07. The van der Waals surface area contributed by atoms with E-state index in [9.17, 15) is 0 Å². The molecule has 3 aliphatic heterocycles. The van der Waals surface area contributed by atoms with E-state index in [2.05, 4.69) is 246 Å². The van der Waals surface area contributed by atoms with Crippen LogP contribution in [0.5, 0.6) is 0 Å². The first-order chi connectivity index (χ1) is 39.2. The zero-order valence-corrected chi connectivity index (χ0v) is 52.0. The van der Waals surface area contributed by atoms with Crippen molar-refractivity contribution < 1.29 is 8.83 Å². The third-order valence-corrected chi connectivity index (χ3v) is 22.1. The first-order valence-corrected chi connectivity index (χ1v) is 31.2. The average Bonchev–Trinajstić information content (AvgIpc) is 1.71. The first kappa shape index (κ1) is 51.5. The minimum atomic E-state index is -0.144. The monoisotopic (exact) mass is 1090 g/mol. The minimum absolute atomic E-state index is 0.00895. The van der Waals surface area contributed by atoms with E-state index in [1.807, 2.05) is 0 Å². The lowest BCUT2D eigenvalue weighted by Gasteiger charge is -2.50. The Morgan fingerprint density at radius 1 is 0.470 bits per heavy atom. The molecule has 83 heavy (non-hydrogen) atoms. The van der Waals surface area contributed by atoms with Gasteiger partial charge in [0.2, 0.25) is 0 Å². The summed E-state index contributed by atoms with van der Waals surface area (Å²) in [6, 6.07) is 48.5. The number of anilines is 5. The van der Waals surface area contributed by atoms with Crippen LogP contribution in [0.1, 0.15) is 181 Å². The lowest BCUT2D eigenvalue weighted by molar-refractivity contribution is 0.195. The van der Waals surface area contributed by atoms with Crippen molar-refractivity contribution in [3.8, 4) is 5.69 Å². The summed E-state index contributed by atoms with van der Waals surface area (Å²) in [6.07, 6.45) is 7.05. The summed E-state index contributed by atoms with van der Waals surface area (Å²) in [5.74, 6) is 0. The van der Waals surface area contributed by atoms with E-state index in [4.69, 9.17) is 8.83 Å². The summed E-state index contributed by atoms with van der Waals surface area (Å²) in [5.41, 5.74) is 27.0. The Bertz CT molecular complexity index is 4710. The number of fused-ring (bicyclic) bond motifs is 14. The van der Waals surface area contributed by atoms with Gasteiger partial charge in [0, 0.05) is 50.0 Å². The fourth-order valence-corrected chi connectivity index (χ4v) is 17.2. The Kier molecular flexibility index (Phi) is 10.0. The van der Waals surface area contributed by atoms with Gasteiger partial charge in [0.25, 0.3) is 6.71 Å². The molecule has 16 rings (SSSR count). The smallest absolute Gasteiger partial charge is 0.252 e. The maximum absolute atomic E-state index is 7.15. The molecule has 0 saturated heterocycles. The van der Waals surface area contributed by atoms with Gasteiger partial charge in [0.15, 0.2) is 0 Å². The summed E-state index contributed by atoms with van der Waals surface area (Å²) in [7, 11) is 0. The Morgan fingerprint density at radius 3 is 1.86 bits per heavy atom. The van der Waals surface area contributed by atoms with E-state index in [0.717, 1.165) is 58.1 Å². The van der Waals surface area contributed by atoms with Crippen LogP contribution >= 0.6 is 0 Å². The second kappa shape index (κ2) is 16.2. The number of hydrogen-bond donors (Lipinski definition) is 0. The fraction of sp³-hybridized carbons (Fsp3) is 0.377. The molecule has 418 valence electrons.